The molecule has 4 nitrogen and oxygen atoms in total. The number of carbonyl (C=O) groups excluding carboxylic acids is 1. The molecule has 104 valence electrons. The van der Waals surface area contributed by atoms with Crippen molar-refractivity contribution in [2.24, 2.45) is 5.73 Å². The molecule has 0 aliphatic carbocycles. The SMILES string of the molecule is CC(C)(N)CCC(=O)N1CCCC1c1cccnc1. The van der Waals surface area contributed by atoms with Gasteiger partial charge in [-0.3, -0.25) is 9.78 Å². The van der Waals surface area contributed by atoms with Crippen molar-refractivity contribution >= 4 is 5.91 Å². The predicted octanol–water partition coefficient (Wildman–Crippen LogP) is 2.26. The first-order valence-electron chi connectivity index (χ1n) is 6.96. The van der Waals surface area contributed by atoms with Crippen molar-refractivity contribution in [1.82, 2.24) is 9.88 Å². The van der Waals surface area contributed by atoms with Crippen LogP contribution in [0.4, 0.5) is 0 Å². The third-order valence-corrected chi connectivity index (χ3v) is 3.63. The van der Waals surface area contributed by atoms with Crippen LogP contribution >= 0.6 is 0 Å². The van der Waals surface area contributed by atoms with Gasteiger partial charge in [0.25, 0.3) is 0 Å². The van der Waals surface area contributed by atoms with Crippen molar-refractivity contribution in [3.8, 4) is 0 Å². The predicted molar refractivity (Wildman–Crippen MR) is 75.4 cm³/mol. The number of nitrogens with zero attached hydrogens (tertiary/aromatic N) is 2. The minimum Gasteiger partial charge on any atom is -0.336 e. The molecule has 1 aliphatic heterocycles. The Kier molecular flexibility index (Phi) is 4.20. The zero-order valence-corrected chi connectivity index (χ0v) is 11.8. The minimum absolute atomic E-state index is 0.196. The quantitative estimate of drug-likeness (QED) is 0.904. The molecular formula is C15H23N3O. The van der Waals surface area contributed by atoms with Crippen LogP contribution in [0.2, 0.25) is 0 Å². The molecule has 1 atom stereocenters. The summed E-state index contributed by atoms with van der Waals surface area (Å²) < 4.78 is 0. The van der Waals surface area contributed by atoms with Crippen LogP contribution in [-0.2, 0) is 4.79 Å². The number of hydrogen-bond donors (Lipinski definition) is 1. The van der Waals surface area contributed by atoms with E-state index in [4.69, 9.17) is 5.73 Å². The molecule has 1 unspecified atom stereocenters. The highest BCUT2D eigenvalue weighted by Crippen LogP contribution is 2.32. The van der Waals surface area contributed by atoms with Crippen LogP contribution < -0.4 is 5.73 Å². The van der Waals surface area contributed by atoms with Crippen LogP contribution in [0.1, 0.15) is 51.1 Å². The van der Waals surface area contributed by atoms with Crippen LogP contribution in [0.3, 0.4) is 0 Å². The number of hydrogen-bond acceptors (Lipinski definition) is 3. The van der Waals surface area contributed by atoms with E-state index in [2.05, 4.69) is 11.1 Å². The summed E-state index contributed by atoms with van der Waals surface area (Å²) in [5, 5.41) is 0. The molecule has 2 N–H and O–H groups in total. The van der Waals surface area contributed by atoms with Crippen LogP contribution in [-0.4, -0.2) is 27.9 Å². The van der Waals surface area contributed by atoms with Crippen LogP contribution in [0, 0.1) is 0 Å². The van der Waals surface area contributed by atoms with Gasteiger partial charge in [-0.1, -0.05) is 6.07 Å². The maximum Gasteiger partial charge on any atom is 0.223 e. The topological polar surface area (TPSA) is 59.2 Å². The number of nitrogens with two attached hydrogens (primary N) is 1. The summed E-state index contributed by atoms with van der Waals surface area (Å²) in [6.45, 7) is 4.77. The molecular weight excluding hydrogens is 238 g/mol. The van der Waals surface area contributed by atoms with Crippen molar-refractivity contribution in [1.29, 1.82) is 0 Å². The number of carbonyl (C=O) groups is 1. The molecule has 1 saturated heterocycles. The van der Waals surface area contributed by atoms with E-state index in [0.717, 1.165) is 31.4 Å². The largest absolute Gasteiger partial charge is 0.336 e. The number of pyridine rings is 1. The fourth-order valence-electron chi connectivity index (χ4n) is 2.56. The average molecular weight is 261 g/mol. The highest BCUT2D eigenvalue weighted by Gasteiger charge is 2.30. The molecule has 0 saturated carbocycles. The fourth-order valence-corrected chi connectivity index (χ4v) is 2.56. The van der Waals surface area contributed by atoms with E-state index in [1.54, 1.807) is 6.20 Å². The lowest BCUT2D eigenvalue weighted by Gasteiger charge is -2.26. The second-order valence-electron chi connectivity index (χ2n) is 6.02. The summed E-state index contributed by atoms with van der Waals surface area (Å²) >= 11 is 0. The Morgan fingerprint density at radius 2 is 2.37 bits per heavy atom. The third-order valence-electron chi connectivity index (χ3n) is 3.63. The molecule has 0 spiro atoms. The van der Waals surface area contributed by atoms with E-state index in [1.165, 1.54) is 0 Å². The van der Waals surface area contributed by atoms with Crippen molar-refractivity contribution in [2.75, 3.05) is 6.54 Å². The molecule has 19 heavy (non-hydrogen) atoms. The summed E-state index contributed by atoms with van der Waals surface area (Å²) in [6.07, 6.45) is 6.98. The van der Waals surface area contributed by atoms with E-state index < -0.39 is 0 Å². The van der Waals surface area contributed by atoms with Crippen molar-refractivity contribution in [3.05, 3.63) is 30.1 Å². The van der Waals surface area contributed by atoms with Gasteiger partial charge >= 0.3 is 0 Å². The van der Waals surface area contributed by atoms with E-state index in [-0.39, 0.29) is 17.5 Å². The Hall–Kier alpha value is -1.42. The molecule has 1 aromatic heterocycles. The van der Waals surface area contributed by atoms with Crippen LogP contribution in [0.15, 0.2) is 24.5 Å². The van der Waals surface area contributed by atoms with Gasteiger partial charge in [-0.2, -0.15) is 0 Å². The lowest BCUT2D eigenvalue weighted by atomic mass is 9.99. The standard InChI is InChI=1S/C15H23N3O/c1-15(2,16)8-7-14(19)18-10-4-6-13(18)12-5-3-9-17-11-12/h3,5,9,11,13H,4,6-8,10,16H2,1-2H3. The van der Waals surface area contributed by atoms with Gasteiger partial charge in [0.2, 0.25) is 5.91 Å². The zero-order chi connectivity index (χ0) is 13.9. The summed E-state index contributed by atoms with van der Waals surface area (Å²) in [4.78, 5) is 18.5. The number of amides is 1. The van der Waals surface area contributed by atoms with Crippen LogP contribution in [0.25, 0.3) is 0 Å². The Morgan fingerprint density at radius 1 is 1.58 bits per heavy atom. The number of rotatable bonds is 4. The highest BCUT2D eigenvalue weighted by molar-refractivity contribution is 5.77. The first-order valence-corrected chi connectivity index (χ1v) is 6.96. The van der Waals surface area contributed by atoms with Crippen LogP contribution in [0.5, 0.6) is 0 Å². The minimum atomic E-state index is -0.279. The van der Waals surface area contributed by atoms with Crippen molar-refractivity contribution in [2.45, 2.75) is 51.1 Å². The average Bonchev–Trinajstić information content (AvgIpc) is 2.85. The maximum atomic E-state index is 12.3. The molecule has 1 fully saturated rings. The lowest BCUT2D eigenvalue weighted by molar-refractivity contribution is -0.132. The van der Waals surface area contributed by atoms with Gasteiger partial charge in [0, 0.05) is 30.9 Å². The van der Waals surface area contributed by atoms with Gasteiger partial charge in [0.1, 0.15) is 0 Å². The van der Waals surface area contributed by atoms with E-state index in [9.17, 15) is 4.79 Å². The molecule has 4 heteroatoms. The third kappa shape index (κ3) is 3.77. The summed E-state index contributed by atoms with van der Waals surface area (Å²) in [7, 11) is 0. The van der Waals surface area contributed by atoms with Gasteiger partial charge in [0.15, 0.2) is 0 Å². The molecule has 1 aromatic rings. The van der Waals surface area contributed by atoms with Gasteiger partial charge in [0.05, 0.1) is 6.04 Å². The van der Waals surface area contributed by atoms with Crippen molar-refractivity contribution in [3.63, 3.8) is 0 Å². The highest BCUT2D eigenvalue weighted by atomic mass is 16.2. The maximum absolute atomic E-state index is 12.3. The van der Waals surface area contributed by atoms with Gasteiger partial charge < -0.3 is 10.6 Å². The fraction of sp³-hybridized carbons (Fsp3) is 0.600. The Labute approximate surface area is 115 Å². The summed E-state index contributed by atoms with van der Waals surface area (Å²) in [6, 6.07) is 4.18. The van der Waals surface area contributed by atoms with Gasteiger partial charge in [-0.25, -0.2) is 0 Å². The second kappa shape index (κ2) is 5.70. The molecule has 0 bridgehead atoms. The molecule has 2 heterocycles. The van der Waals surface area contributed by atoms with Gasteiger partial charge in [-0.15, -0.1) is 0 Å². The first kappa shape index (κ1) is 14.0. The molecule has 2 rings (SSSR count). The summed E-state index contributed by atoms with van der Waals surface area (Å²) in [5.74, 6) is 0.213. The molecule has 0 radical (unpaired) electrons. The zero-order valence-electron chi connectivity index (χ0n) is 11.8. The number of aromatic nitrogens is 1. The second-order valence-corrected chi connectivity index (χ2v) is 6.02. The normalized spacial score (nSPS) is 19.7. The first-order chi connectivity index (χ1) is 8.97. The molecule has 1 aliphatic rings. The Morgan fingerprint density at radius 3 is 3.00 bits per heavy atom. The monoisotopic (exact) mass is 261 g/mol. The Bertz CT molecular complexity index is 425. The van der Waals surface area contributed by atoms with E-state index >= 15 is 0 Å². The molecule has 1 amide bonds. The summed E-state index contributed by atoms with van der Waals surface area (Å²) in [5.41, 5.74) is 6.81. The van der Waals surface area contributed by atoms with E-state index in [0.29, 0.717) is 6.42 Å². The molecule has 0 aromatic carbocycles. The van der Waals surface area contributed by atoms with Crippen molar-refractivity contribution < 1.29 is 4.79 Å². The smallest absolute Gasteiger partial charge is 0.223 e. The van der Waals surface area contributed by atoms with E-state index in [1.807, 2.05) is 31.0 Å². The lowest BCUT2D eigenvalue weighted by Crippen LogP contribution is -2.36. The number of likely N-dealkylation sites (tertiary alicyclic amines) is 1. The van der Waals surface area contributed by atoms with Gasteiger partial charge in [-0.05, 0) is 44.7 Å². The Balaban J connectivity index is 2.01.